The first-order valence-corrected chi connectivity index (χ1v) is 10.3. The number of carbonyl (C=O) groups excluding carboxylic acids is 2. The highest BCUT2D eigenvalue weighted by Crippen LogP contribution is 2.18. The average Bonchev–Trinajstić information content (AvgIpc) is 2.72. The van der Waals surface area contributed by atoms with E-state index in [2.05, 4.69) is 6.92 Å². The van der Waals surface area contributed by atoms with Gasteiger partial charge in [0.1, 0.15) is 0 Å². The topological polar surface area (TPSA) is 61.2 Å². The summed E-state index contributed by atoms with van der Waals surface area (Å²) in [7, 11) is 0. The average molecular weight is 383 g/mol. The van der Waals surface area contributed by atoms with Gasteiger partial charge in [-0.3, -0.25) is 15.0 Å². The summed E-state index contributed by atoms with van der Waals surface area (Å²) in [5.41, 5.74) is 0.796. The second-order valence-corrected chi connectivity index (χ2v) is 7.33. The first-order valence-electron chi connectivity index (χ1n) is 9.35. The normalized spacial score (nSPS) is 10.4. The van der Waals surface area contributed by atoms with Crippen LogP contribution >= 0.6 is 11.8 Å². The van der Waals surface area contributed by atoms with Gasteiger partial charge in [0.2, 0.25) is 0 Å². The SMILES string of the molecule is CCCCCCCSC(=N)N(C(=O)c1ccccc1)C(=O)c1ccccc1. The number of unbranched alkanes of at least 4 members (excludes halogenated alkanes) is 4. The number of nitrogens with one attached hydrogen (secondary N) is 1. The molecule has 0 unspecified atom stereocenters. The standard InChI is InChI=1S/C22H26N2O2S/c1-2-3-4-5-12-17-27-22(23)24(20(25)18-13-8-6-9-14-18)21(26)19-15-10-7-11-16-19/h6-11,13-16,23H,2-5,12,17H2,1H3. The maximum absolute atomic E-state index is 12.9. The lowest BCUT2D eigenvalue weighted by molar-refractivity contribution is 0.0716. The highest BCUT2D eigenvalue weighted by Gasteiger charge is 2.28. The minimum Gasteiger partial charge on any atom is -0.278 e. The van der Waals surface area contributed by atoms with Crippen LogP contribution in [0.5, 0.6) is 0 Å². The molecule has 0 aliphatic rings. The second kappa shape index (κ2) is 11.3. The van der Waals surface area contributed by atoms with Gasteiger partial charge in [-0.1, -0.05) is 80.8 Å². The van der Waals surface area contributed by atoms with Gasteiger partial charge in [-0.2, -0.15) is 0 Å². The van der Waals surface area contributed by atoms with Crippen molar-refractivity contribution in [3.05, 3.63) is 71.8 Å². The van der Waals surface area contributed by atoms with E-state index in [9.17, 15) is 9.59 Å². The Hall–Kier alpha value is -2.40. The molecular formula is C22H26N2O2S. The lowest BCUT2D eigenvalue weighted by Gasteiger charge is -2.21. The van der Waals surface area contributed by atoms with Gasteiger partial charge in [-0.15, -0.1) is 0 Å². The molecule has 142 valence electrons. The molecule has 0 fully saturated rings. The summed E-state index contributed by atoms with van der Waals surface area (Å²) in [6.07, 6.45) is 5.66. The van der Waals surface area contributed by atoms with Crippen LogP contribution in [0.2, 0.25) is 0 Å². The molecule has 0 aliphatic heterocycles. The van der Waals surface area contributed by atoms with Crippen molar-refractivity contribution in [3.63, 3.8) is 0 Å². The fraction of sp³-hybridized carbons (Fsp3) is 0.318. The summed E-state index contributed by atoms with van der Waals surface area (Å²) in [6.45, 7) is 2.17. The van der Waals surface area contributed by atoms with Crippen LogP contribution in [0.25, 0.3) is 0 Å². The van der Waals surface area contributed by atoms with E-state index in [1.807, 2.05) is 12.1 Å². The highest BCUT2D eigenvalue weighted by atomic mass is 32.2. The number of amides is 2. The summed E-state index contributed by atoms with van der Waals surface area (Å²) in [4.78, 5) is 26.8. The molecule has 2 amide bonds. The summed E-state index contributed by atoms with van der Waals surface area (Å²) >= 11 is 1.26. The second-order valence-electron chi connectivity index (χ2n) is 6.25. The van der Waals surface area contributed by atoms with Gasteiger partial charge in [0.05, 0.1) is 0 Å². The lowest BCUT2D eigenvalue weighted by atomic mass is 10.1. The predicted molar refractivity (Wildman–Crippen MR) is 112 cm³/mol. The van der Waals surface area contributed by atoms with Crippen molar-refractivity contribution >= 4 is 28.7 Å². The van der Waals surface area contributed by atoms with Crippen molar-refractivity contribution in [1.82, 2.24) is 4.90 Å². The smallest absolute Gasteiger partial charge is 0.266 e. The molecule has 4 nitrogen and oxygen atoms in total. The number of benzene rings is 2. The van der Waals surface area contributed by atoms with Gasteiger partial charge in [0, 0.05) is 16.9 Å². The van der Waals surface area contributed by atoms with Crippen LogP contribution in [0, 0.1) is 5.41 Å². The van der Waals surface area contributed by atoms with E-state index in [-0.39, 0.29) is 5.17 Å². The summed E-state index contributed by atoms with van der Waals surface area (Å²) in [5.74, 6) is -0.204. The Labute approximate surface area is 165 Å². The van der Waals surface area contributed by atoms with Crippen molar-refractivity contribution in [2.45, 2.75) is 39.0 Å². The van der Waals surface area contributed by atoms with Crippen molar-refractivity contribution in [1.29, 1.82) is 5.41 Å². The Morgan fingerprint density at radius 3 is 1.78 bits per heavy atom. The van der Waals surface area contributed by atoms with Gasteiger partial charge in [0.15, 0.2) is 5.17 Å². The number of thioether (sulfide) groups is 1. The van der Waals surface area contributed by atoms with Gasteiger partial charge in [0.25, 0.3) is 11.8 Å². The van der Waals surface area contributed by atoms with E-state index in [0.717, 1.165) is 23.5 Å². The van der Waals surface area contributed by atoms with Crippen molar-refractivity contribution < 1.29 is 9.59 Å². The molecule has 5 heteroatoms. The first kappa shape index (κ1) is 20.9. The van der Waals surface area contributed by atoms with Crippen molar-refractivity contribution in [2.24, 2.45) is 0 Å². The van der Waals surface area contributed by atoms with E-state index in [1.165, 1.54) is 31.0 Å². The van der Waals surface area contributed by atoms with Crippen LogP contribution in [0.3, 0.4) is 0 Å². The van der Waals surface area contributed by atoms with Crippen LogP contribution in [-0.4, -0.2) is 27.6 Å². The van der Waals surface area contributed by atoms with Gasteiger partial charge in [-0.05, 0) is 30.7 Å². The van der Waals surface area contributed by atoms with Crippen LogP contribution in [0.15, 0.2) is 60.7 Å². The molecule has 0 bridgehead atoms. The molecule has 2 aromatic carbocycles. The zero-order valence-corrected chi connectivity index (χ0v) is 16.5. The lowest BCUT2D eigenvalue weighted by Crippen LogP contribution is -2.40. The summed E-state index contributed by atoms with van der Waals surface area (Å²) in [6, 6.07) is 17.3. The van der Waals surface area contributed by atoms with Crippen molar-refractivity contribution in [3.8, 4) is 0 Å². The van der Waals surface area contributed by atoms with Crippen LogP contribution in [0.4, 0.5) is 0 Å². The van der Waals surface area contributed by atoms with Gasteiger partial charge >= 0.3 is 0 Å². The van der Waals surface area contributed by atoms with Gasteiger partial charge < -0.3 is 0 Å². The molecule has 0 aliphatic carbocycles. The molecule has 0 heterocycles. The Bertz CT molecular complexity index is 696. The quantitative estimate of drug-likeness (QED) is 0.279. The van der Waals surface area contributed by atoms with E-state index < -0.39 is 11.8 Å². The Kier molecular flexibility index (Phi) is 8.78. The number of imide groups is 1. The van der Waals surface area contributed by atoms with E-state index in [4.69, 9.17) is 5.41 Å². The van der Waals surface area contributed by atoms with Crippen LogP contribution in [0.1, 0.15) is 59.7 Å². The maximum Gasteiger partial charge on any atom is 0.266 e. The molecule has 0 spiro atoms. The number of rotatable bonds is 8. The zero-order valence-electron chi connectivity index (χ0n) is 15.7. The maximum atomic E-state index is 12.9. The van der Waals surface area contributed by atoms with E-state index in [0.29, 0.717) is 11.1 Å². The monoisotopic (exact) mass is 382 g/mol. The predicted octanol–water partition coefficient (Wildman–Crippen LogP) is 5.61. The molecule has 0 atom stereocenters. The van der Waals surface area contributed by atoms with E-state index in [1.54, 1.807) is 48.5 Å². The van der Waals surface area contributed by atoms with E-state index >= 15 is 0 Å². The first-order chi connectivity index (χ1) is 13.1. The molecule has 27 heavy (non-hydrogen) atoms. The molecule has 1 N–H and O–H groups in total. The highest BCUT2D eigenvalue weighted by molar-refractivity contribution is 8.13. The molecule has 0 aromatic heterocycles. The number of carbonyl (C=O) groups is 2. The third-order valence-corrected chi connectivity index (χ3v) is 5.09. The Morgan fingerprint density at radius 1 is 0.815 bits per heavy atom. The molecular weight excluding hydrogens is 356 g/mol. The number of nitrogens with zero attached hydrogens (tertiary/aromatic N) is 1. The largest absolute Gasteiger partial charge is 0.278 e. The zero-order chi connectivity index (χ0) is 19.5. The summed E-state index contributed by atoms with van der Waals surface area (Å²) in [5, 5.41) is 8.35. The molecule has 2 rings (SSSR count). The van der Waals surface area contributed by atoms with Crippen molar-refractivity contribution in [2.75, 3.05) is 5.75 Å². The molecule has 2 aromatic rings. The third kappa shape index (κ3) is 6.36. The Balaban J connectivity index is 2.11. The summed E-state index contributed by atoms with van der Waals surface area (Å²) < 4.78 is 0. The van der Waals surface area contributed by atoms with Crippen LogP contribution in [-0.2, 0) is 0 Å². The molecule has 0 saturated heterocycles. The number of hydrogen-bond acceptors (Lipinski definition) is 4. The molecule has 0 saturated carbocycles. The minimum absolute atomic E-state index is 0.0202. The Morgan fingerprint density at radius 2 is 1.30 bits per heavy atom. The fourth-order valence-electron chi connectivity index (χ4n) is 2.64. The number of hydrogen-bond donors (Lipinski definition) is 1. The fourth-order valence-corrected chi connectivity index (χ4v) is 3.47. The number of amidine groups is 1. The molecule has 0 radical (unpaired) electrons. The van der Waals surface area contributed by atoms with Crippen LogP contribution < -0.4 is 0 Å². The van der Waals surface area contributed by atoms with Gasteiger partial charge in [-0.25, -0.2) is 4.90 Å². The minimum atomic E-state index is -0.465. The third-order valence-electron chi connectivity index (χ3n) is 4.14.